The quantitative estimate of drug-likeness (QED) is 0.230. The number of fused-ring (bicyclic) bond motifs is 1. The van der Waals surface area contributed by atoms with Crippen molar-refractivity contribution in [1.82, 2.24) is 9.88 Å². The summed E-state index contributed by atoms with van der Waals surface area (Å²) in [6, 6.07) is 13.6. The van der Waals surface area contributed by atoms with E-state index in [4.69, 9.17) is 16.3 Å². The van der Waals surface area contributed by atoms with Crippen LogP contribution in [0.3, 0.4) is 0 Å². The van der Waals surface area contributed by atoms with Crippen LogP contribution in [-0.4, -0.2) is 28.9 Å². The summed E-state index contributed by atoms with van der Waals surface area (Å²) in [5.41, 5.74) is 2.56. The minimum absolute atomic E-state index is 0.0236. The highest BCUT2D eigenvalue weighted by Gasteiger charge is 2.33. The van der Waals surface area contributed by atoms with E-state index in [0.717, 1.165) is 72.4 Å². The maximum absolute atomic E-state index is 14.6. The lowest BCUT2D eigenvalue weighted by molar-refractivity contribution is 0.0591. The van der Waals surface area contributed by atoms with E-state index in [0.29, 0.717) is 11.7 Å². The standard InChI is InChI=1S/C30H29ClF2N2O2S/c1-3-18-7-10-21(11-8-18)35(30(36)29-27(31)26-22(32)12-13-23(33)28(26)38-29)17-20-16-19(9-14-25(20)37-2)24-6-4-5-15-34-24/h4-6,9,12-16,18,21H,3,7-8,10-11,17H2,1-2H3. The number of rotatable bonds is 7. The van der Waals surface area contributed by atoms with Gasteiger partial charge in [-0.15, -0.1) is 11.3 Å². The first-order valence-electron chi connectivity index (χ1n) is 12.9. The third kappa shape index (κ3) is 5.14. The van der Waals surface area contributed by atoms with Crippen molar-refractivity contribution in [2.24, 2.45) is 5.92 Å². The molecule has 8 heteroatoms. The number of nitrogens with zero attached hydrogens (tertiary/aromatic N) is 2. The third-order valence-corrected chi connectivity index (χ3v) is 9.23. The summed E-state index contributed by atoms with van der Waals surface area (Å²) in [5.74, 6) is -0.251. The second-order valence-corrected chi connectivity index (χ2v) is 11.1. The SMILES string of the molecule is CCC1CCC(N(Cc2cc(-c3ccccn3)ccc2OC)C(=O)c2sc3c(F)ccc(F)c3c2Cl)CC1. The Bertz CT molecular complexity index is 1450. The molecule has 2 heterocycles. The van der Waals surface area contributed by atoms with Gasteiger partial charge in [0.1, 0.15) is 22.3 Å². The van der Waals surface area contributed by atoms with Gasteiger partial charge in [0.15, 0.2) is 0 Å². The van der Waals surface area contributed by atoms with Crippen molar-refractivity contribution in [3.05, 3.63) is 81.8 Å². The van der Waals surface area contributed by atoms with Crippen LogP contribution in [-0.2, 0) is 6.54 Å². The van der Waals surface area contributed by atoms with Crippen LogP contribution in [0.2, 0.25) is 5.02 Å². The molecule has 0 aliphatic heterocycles. The van der Waals surface area contributed by atoms with Gasteiger partial charge < -0.3 is 9.64 Å². The molecule has 38 heavy (non-hydrogen) atoms. The van der Waals surface area contributed by atoms with Crippen molar-refractivity contribution in [3.8, 4) is 17.0 Å². The Morgan fingerprint density at radius 3 is 2.53 bits per heavy atom. The predicted octanol–water partition coefficient (Wildman–Crippen LogP) is 8.51. The Kier molecular flexibility index (Phi) is 7.96. The van der Waals surface area contributed by atoms with Gasteiger partial charge in [0, 0.05) is 29.9 Å². The molecule has 1 aliphatic carbocycles. The van der Waals surface area contributed by atoms with Crippen LogP contribution in [0.4, 0.5) is 8.78 Å². The summed E-state index contributed by atoms with van der Waals surface area (Å²) in [7, 11) is 1.60. The topological polar surface area (TPSA) is 42.4 Å². The average molecular weight is 555 g/mol. The van der Waals surface area contributed by atoms with Gasteiger partial charge >= 0.3 is 0 Å². The molecule has 4 aromatic rings. The Morgan fingerprint density at radius 2 is 1.87 bits per heavy atom. The van der Waals surface area contributed by atoms with E-state index in [1.807, 2.05) is 41.3 Å². The van der Waals surface area contributed by atoms with E-state index in [1.165, 1.54) is 0 Å². The van der Waals surface area contributed by atoms with Crippen LogP contribution in [0, 0.1) is 17.6 Å². The largest absolute Gasteiger partial charge is 0.496 e. The second-order valence-electron chi connectivity index (χ2n) is 9.74. The van der Waals surface area contributed by atoms with Crippen molar-refractivity contribution in [3.63, 3.8) is 0 Å². The van der Waals surface area contributed by atoms with Crippen LogP contribution in [0.5, 0.6) is 5.75 Å². The van der Waals surface area contributed by atoms with E-state index < -0.39 is 11.6 Å². The van der Waals surface area contributed by atoms with Gasteiger partial charge in [-0.3, -0.25) is 9.78 Å². The Hall–Kier alpha value is -3.03. The maximum atomic E-state index is 14.6. The molecular weight excluding hydrogens is 526 g/mol. The molecule has 0 radical (unpaired) electrons. The zero-order valence-corrected chi connectivity index (χ0v) is 22.9. The Balaban J connectivity index is 1.56. The number of hydrogen-bond donors (Lipinski definition) is 0. The fourth-order valence-electron chi connectivity index (χ4n) is 5.38. The number of amides is 1. The monoisotopic (exact) mass is 554 g/mol. The smallest absolute Gasteiger partial charge is 0.266 e. The van der Waals surface area contributed by atoms with Crippen molar-refractivity contribution < 1.29 is 18.3 Å². The number of methoxy groups -OCH3 is 1. The van der Waals surface area contributed by atoms with Gasteiger partial charge in [-0.05, 0) is 74.1 Å². The number of halogens is 3. The van der Waals surface area contributed by atoms with Crippen LogP contribution >= 0.6 is 22.9 Å². The van der Waals surface area contributed by atoms with Crippen LogP contribution < -0.4 is 4.74 Å². The van der Waals surface area contributed by atoms with E-state index in [1.54, 1.807) is 13.3 Å². The number of thiophene rings is 1. The lowest BCUT2D eigenvalue weighted by atomic mass is 9.83. The normalized spacial score (nSPS) is 17.5. The molecule has 4 nitrogen and oxygen atoms in total. The zero-order chi connectivity index (χ0) is 26.8. The second kappa shape index (κ2) is 11.4. The van der Waals surface area contributed by atoms with Crippen LogP contribution in [0.15, 0.2) is 54.7 Å². The minimum Gasteiger partial charge on any atom is -0.496 e. The molecule has 198 valence electrons. The molecule has 1 amide bonds. The van der Waals surface area contributed by atoms with Crippen LogP contribution in [0.25, 0.3) is 21.3 Å². The fourth-order valence-corrected chi connectivity index (χ4v) is 6.88. The average Bonchev–Trinajstić information content (AvgIpc) is 3.32. The number of benzene rings is 2. The lowest BCUT2D eigenvalue weighted by Gasteiger charge is -2.37. The van der Waals surface area contributed by atoms with Gasteiger partial charge in [0.25, 0.3) is 5.91 Å². The van der Waals surface area contributed by atoms with Gasteiger partial charge in [-0.25, -0.2) is 8.78 Å². The summed E-state index contributed by atoms with van der Waals surface area (Å²) >= 11 is 7.46. The number of pyridine rings is 1. The fraction of sp³-hybridized carbons (Fsp3) is 0.333. The number of aromatic nitrogens is 1. The molecule has 0 saturated heterocycles. The Morgan fingerprint density at radius 1 is 1.11 bits per heavy atom. The predicted molar refractivity (Wildman–Crippen MR) is 149 cm³/mol. The highest BCUT2D eigenvalue weighted by atomic mass is 35.5. The van der Waals surface area contributed by atoms with Crippen molar-refractivity contribution >= 4 is 38.9 Å². The molecule has 1 aliphatic rings. The van der Waals surface area contributed by atoms with Gasteiger partial charge in [0.2, 0.25) is 0 Å². The number of ether oxygens (including phenoxy) is 1. The van der Waals surface area contributed by atoms with E-state index in [2.05, 4.69) is 11.9 Å². The molecule has 0 spiro atoms. The van der Waals surface area contributed by atoms with Crippen LogP contribution in [0.1, 0.15) is 54.3 Å². The zero-order valence-electron chi connectivity index (χ0n) is 21.3. The lowest BCUT2D eigenvalue weighted by Crippen LogP contribution is -2.41. The molecule has 5 rings (SSSR count). The Labute approximate surface area is 230 Å². The molecule has 2 aromatic heterocycles. The molecule has 1 saturated carbocycles. The minimum atomic E-state index is -0.638. The summed E-state index contributed by atoms with van der Waals surface area (Å²) in [5, 5.41) is -0.0715. The molecule has 0 bridgehead atoms. The molecule has 2 aromatic carbocycles. The summed E-state index contributed by atoms with van der Waals surface area (Å²) < 4.78 is 34.9. The van der Waals surface area contributed by atoms with Crippen molar-refractivity contribution in [1.29, 1.82) is 0 Å². The first-order valence-corrected chi connectivity index (χ1v) is 14.1. The van der Waals surface area contributed by atoms with E-state index >= 15 is 0 Å². The molecule has 0 unspecified atom stereocenters. The summed E-state index contributed by atoms with van der Waals surface area (Å²) in [6.45, 7) is 2.47. The number of carbonyl (C=O) groups excluding carboxylic acids is 1. The van der Waals surface area contributed by atoms with E-state index in [9.17, 15) is 13.6 Å². The first-order chi connectivity index (χ1) is 18.4. The van der Waals surface area contributed by atoms with Gasteiger partial charge in [-0.2, -0.15) is 0 Å². The molecule has 1 fully saturated rings. The van der Waals surface area contributed by atoms with Gasteiger partial charge in [-0.1, -0.05) is 31.0 Å². The van der Waals surface area contributed by atoms with Crippen molar-refractivity contribution in [2.45, 2.75) is 51.6 Å². The summed E-state index contributed by atoms with van der Waals surface area (Å²) in [4.78, 5) is 20.6. The first kappa shape index (κ1) is 26.6. The molecule has 0 N–H and O–H groups in total. The number of hydrogen-bond acceptors (Lipinski definition) is 4. The summed E-state index contributed by atoms with van der Waals surface area (Å²) in [6.07, 6.45) is 6.62. The highest BCUT2D eigenvalue weighted by Crippen LogP contribution is 2.41. The molecular formula is C30H29ClF2N2O2S. The molecule has 0 atom stereocenters. The van der Waals surface area contributed by atoms with Gasteiger partial charge in [0.05, 0.1) is 27.9 Å². The van der Waals surface area contributed by atoms with E-state index in [-0.39, 0.29) is 38.5 Å². The van der Waals surface area contributed by atoms with Crippen molar-refractivity contribution in [2.75, 3.05) is 7.11 Å². The highest BCUT2D eigenvalue weighted by molar-refractivity contribution is 7.21. The third-order valence-electron chi connectivity index (χ3n) is 7.55. The maximum Gasteiger partial charge on any atom is 0.266 e. The number of carbonyl (C=O) groups is 1.